The van der Waals surface area contributed by atoms with Crippen LogP contribution in [0.1, 0.15) is 54.1 Å². The summed E-state index contributed by atoms with van der Waals surface area (Å²) in [4.78, 5) is 29.7. The number of hydrogen-bond donors (Lipinski definition) is 2. The maximum atomic E-state index is 13.7. The molecule has 1 heterocycles. The van der Waals surface area contributed by atoms with Crippen LogP contribution >= 0.6 is 11.3 Å². The first kappa shape index (κ1) is 24.0. The largest absolute Gasteiger partial charge is 0.508 e. The fraction of sp³-hybridized carbons (Fsp3) is 0.333. The number of benzene rings is 2. The Morgan fingerprint density at radius 2 is 1.74 bits per heavy atom. The molecule has 1 atom stereocenters. The van der Waals surface area contributed by atoms with Gasteiger partial charge in [-0.15, -0.1) is 11.3 Å². The van der Waals surface area contributed by atoms with Crippen LogP contribution in [0, 0.1) is 5.82 Å². The summed E-state index contributed by atoms with van der Waals surface area (Å²) in [6, 6.07) is 15.4. The van der Waals surface area contributed by atoms with Crippen LogP contribution in [0.3, 0.4) is 0 Å². The quantitative estimate of drug-likeness (QED) is 0.456. The molecule has 0 aliphatic heterocycles. The highest BCUT2D eigenvalue weighted by Crippen LogP contribution is 2.28. The highest BCUT2D eigenvalue weighted by molar-refractivity contribution is 7.10. The Balaban J connectivity index is 1.68. The highest BCUT2D eigenvalue weighted by atomic mass is 32.1. The maximum Gasteiger partial charge on any atom is 0.247 e. The predicted octanol–water partition coefficient (Wildman–Crippen LogP) is 5.35. The molecule has 0 unspecified atom stereocenters. The molecule has 2 amide bonds. The molecule has 0 spiro atoms. The summed E-state index contributed by atoms with van der Waals surface area (Å²) in [5.74, 6) is -0.696. The molecule has 2 aromatic carbocycles. The Morgan fingerprint density at radius 1 is 1.03 bits per heavy atom. The molecule has 34 heavy (non-hydrogen) atoms. The predicted molar refractivity (Wildman–Crippen MR) is 131 cm³/mol. The van der Waals surface area contributed by atoms with Crippen molar-refractivity contribution >= 4 is 23.2 Å². The second-order valence-electron chi connectivity index (χ2n) is 8.74. The zero-order valence-electron chi connectivity index (χ0n) is 19.0. The zero-order chi connectivity index (χ0) is 23.9. The summed E-state index contributed by atoms with van der Waals surface area (Å²) in [6.07, 6.45) is 5.34. The molecule has 4 rings (SSSR count). The lowest BCUT2D eigenvalue weighted by Gasteiger charge is -2.33. The molecule has 1 aliphatic rings. The third kappa shape index (κ3) is 6.23. The van der Waals surface area contributed by atoms with Gasteiger partial charge in [0.1, 0.15) is 17.6 Å². The van der Waals surface area contributed by atoms with Crippen molar-refractivity contribution in [1.29, 1.82) is 0 Å². The smallest absolute Gasteiger partial charge is 0.247 e. The number of phenols is 1. The van der Waals surface area contributed by atoms with Crippen molar-refractivity contribution < 1.29 is 19.1 Å². The number of aromatic hydroxyl groups is 1. The average Bonchev–Trinajstić information content (AvgIpc) is 3.35. The van der Waals surface area contributed by atoms with E-state index in [1.165, 1.54) is 42.0 Å². The number of carbonyl (C=O) groups excluding carboxylic acids is 2. The van der Waals surface area contributed by atoms with Gasteiger partial charge in [-0.1, -0.05) is 49.6 Å². The molecule has 0 saturated heterocycles. The first-order chi connectivity index (χ1) is 16.5. The third-order valence-electron chi connectivity index (χ3n) is 6.21. The number of nitrogens with zero attached hydrogens (tertiary/aromatic N) is 1. The lowest BCUT2D eigenvalue weighted by atomic mass is 9.94. The second kappa shape index (κ2) is 11.3. The minimum atomic E-state index is -0.875. The molecular formula is C27H29FN2O3S. The van der Waals surface area contributed by atoms with Crippen LogP contribution in [-0.2, 0) is 22.6 Å². The van der Waals surface area contributed by atoms with Crippen molar-refractivity contribution in [3.63, 3.8) is 0 Å². The van der Waals surface area contributed by atoms with Crippen LogP contribution in [0.5, 0.6) is 5.75 Å². The summed E-state index contributed by atoms with van der Waals surface area (Å²) in [7, 11) is 0. The first-order valence-electron chi connectivity index (χ1n) is 11.6. The number of halogens is 1. The number of carbonyl (C=O) groups is 2. The van der Waals surface area contributed by atoms with Gasteiger partial charge in [0.2, 0.25) is 11.8 Å². The number of hydrogen-bond acceptors (Lipinski definition) is 4. The third-order valence-corrected chi connectivity index (χ3v) is 7.09. The Hall–Kier alpha value is -3.19. The Bertz CT molecular complexity index is 1080. The number of phenolic OH excluding ortho intramolecular Hbond substituents is 1. The molecule has 7 heteroatoms. The van der Waals surface area contributed by atoms with Crippen LogP contribution in [0.2, 0.25) is 0 Å². The van der Waals surface area contributed by atoms with Crippen LogP contribution in [0.4, 0.5) is 4.39 Å². The first-order valence-corrected chi connectivity index (χ1v) is 12.5. The summed E-state index contributed by atoms with van der Waals surface area (Å²) in [5.41, 5.74) is 1.35. The van der Waals surface area contributed by atoms with Gasteiger partial charge >= 0.3 is 0 Å². The van der Waals surface area contributed by atoms with E-state index in [-0.39, 0.29) is 42.4 Å². The van der Waals surface area contributed by atoms with E-state index in [0.717, 1.165) is 36.1 Å². The van der Waals surface area contributed by atoms with E-state index in [2.05, 4.69) is 5.32 Å². The molecule has 2 N–H and O–H groups in total. The van der Waals surface area contributed by atoms with Gasteiger partial charge in [0.15, 0.2) is 0 Å². The summed E-state index contributed by atoms with van der Waals surface area (Å²) >= 11 is 1.49. The molecule has 3 aromatic rings. The topological polar surface area (TPSA) is 69.6 Å². The molecule has 178 valence electrons. The van der Waals surface area contributed by atoms with Crippen LogP contribution < -0.4 is 5.32 Å². The molecule has 1 fully saturated rings. The van der Waals surface area contributed by atoms with Gasteiger partial charge in [0, 0.05) is 17.5 Å². The fourth-order valence-electron chi connectivity index (χ4n) is 4.43. The van der Waals surface area contributed by atoms with Crippen molar-refractivity contribution in [2.24, 2.45) is 0 Å². The SMILES string of the molecule is O=C(NC1CCCCC1)[C@@H](c1ccc(O)cc1)N(Cc1ccc(F)cc1)C(=O)Cc1cccs1. The van der Waals surface area contributed by atoms with Gasteiger partial charge in [-0.3, -0.25) is 9.59 Å². The minimum absolute atomic E-state index is 0.0842. The van der Waals surface area contributed by atoms with Crippen molar-refractivity contribution in [2.45, 2.75) is 57.2 Å². The van der Waals surface area contributed by atoms with Crippen LogP contribution in [0.15, 0.2) is 66.0 Å². The van der Waals surface area contributed by atoms with E-state index in [1.54, 1.807) is 29.2 Å². The number of nitrogens with one attached hydrogen (secondary N) is 1. The Kier molecular flexibility index (Phi) is 7.95. The van der Waals surface area contributed by atoms with E-state index in [9.17, 15) is 19.1 Å². The van der Waals surface area contributed by atoms with Crippen molar-refractivity contribution in [2.75, 3.05) is 0 Å². The molecule has 0 radical (unpaired) electrons. The lowest BCUT2D eigenvalue weighted by Crippen LogP contribution is -2.47. The molecular weight excluding hydrogens is 451 g/mol. The van der Waals surface area contributed by atoms with Crippen molar-refractivity contribution in [3.8, 4) is 5.75 Å². The van der Waals surface area contributed by atoms with Gasteiger partial charge in [-0.05, 0) is 59.7 Å². The maximum absolute atomic E-state index is 13.7. The van der Waals surface area contributed by atoms with Crippen molar-refractivity contribution in [3.05, 3.63) is 87.9 Å². The highest BCUT2D eigenvalue weighted by Gasteiger charge is 2.33. The van der Waals surface area contributed by atoms with Gasteiger partial charge < -0.3 is 15.3 Å². The van der Waals surface area contributed by atoms with Gasteiger partial charge in [-0.2, -0.15) is 0 Å². The Morgan fingerprint density at radius 3 is 2.38 bits per heavy atom. The molecule has 1 aliphatic carbocycles. The number of rotatable bonds is 8. The molecule has 1 saturated carbocycles. The van der Waals surface area contributed by atoms with Gasteiger partial charge in [0.05, 0.1) is 6.42 Å². The van der Waals surface area contributed by atoms with E-state index in [0.29, 0.717) is 5.56 Å². The van der Waals surface area contributed by atoms with Crippen LogP contribution in [-0.4, -0.2) is 27.9 Å². The Labute approximate surface area is 203 Å². The van der Waals surface area contributed by atoms with Crippen molar-refractivity contribution in [1.82, 2.24) is 10.2 Å². The number of amides is 2. The average molecular weight is 481 g/mol. The monoisotopic (exact) mass is 480 g/mol. The fourth-order valence-corrected chi connectivity index (χ4v) is 5.13. The second-order valence-corrected chi connectivity index (χ2v) is 9.77. The molecule has 1 aromatic heterocycles. The van der Waals surface area contributed by atoms with E-state index < -0.39 is 6.04 Å². The van der Waals surface area contributed by atoms with Gasteiger partial charge in [-0.25, -0.2) is 4.39 Å². The summed E-state index contributed by atoms with van der Waals surface area (Å²) < 4.78 is 13.5. The normalized spacial score (nSPS) is 15.0. The number of thiophene rings is 1. The standard InChI is InChI=1S/C27H29FN2O3S/c28-21-12-8-19(9-13-21)18-30(25(32)17-24-7-4-16-34-24)26(20-10-14-23(31)15-11-20)27(33)29-22-5-2-1-3-6-22/h4,7-16,22,26,31H,1-3,5-6,17-18H2,(H,29,33)/t26-/m1/s1. The van der Waals surface area contributed by atoms with Gasteiger partial charge in [0.25, 0.3) is 0 Å². The van der Waals surface area contributed by atoms with Crippen LogP contribution in [0.25, 0.3) is 0 Å². The minimum Gasteiger partial charge on any atom is -0.508 e. The van der Waals surface area contributed by atoms with E-state index in [4.69, 9.17) is 0 Å². The van der Waals surface area contributed by atoms with E-state index in [1.807, 2.05) is 17.5 Å². The summed E-state index contributed by atoms with van der Waals surface area (Å²) in [6.45, 7) is 0.161. The molecule has 0 bridgehead atoms. The zero-order valence-corrected chi connectivity index (χ0v) is 19.8. The summed E-state index contributed by atoms with van der Waals surface area (Å²) in [5, 5.41) is 14.9. The van der Waals surface area contributed by atoms with E-state index >= 15 is 0 Å². The lowest BCUT2D eigenvalue weighted by molar-refractivity contribution is -0.141. The molecule has 5 nitrogen and oxygen atoms in total.